The highest BCUT2D eigenvalue weighted by Crippen LogP contribution is 2.35. The average molecular weight is 428 g/mol. The lowest BCUT2D eigenvalue weighted by atomic mass is 10.2. The largest absolute Gasteiger partial charge is 0.506 e. The average Bonchev–Trinajstić information content (AvgIpc) is 3.14. The first-order valence-electron chi connectivity index (χ1n) is 9.80. The van der Waals surface area contributed by atoms with E-state index < -0.39 is 5.91 Å². The van der Waals surface area contributed by atoms with Gasteiger partial charge in [0.2, 0.25) is 0 Å². The Morgan fingerprint density at radius 1 is 1.35 bits per heavy atom. The smallest absolute Gasteiger partial charge is 0.254 e. The van der Waals surface area contributed by atoms with E-state index in [0.29, 0.717) is 50.2 Å². The summed E-state index contributed by atoms with van der Waals surface area (Å²) in [6, 6.07) is 3.42. The number of aromatic amines is 1. The number of hydrogen-bond acceptors (Lipinski definition) is 6. The van der Waals surface area contributed by atoms with Gasteiger partial charge in [-0.2, -0.15) is 0 Å². The van der Waals surface area contributed by atoms with E-state index in [9.17, 15) is 9.90 Å². The fourth-order valence-electron chi connectivity index (χ4n) is 3.84. The summed E-state index contributed by atoms with van der Waals surface area (Å²) in [5, 5.41) is 12.9. The Bertz CT molecular complexity index is 1600. The zero-order valence-electron chi connectivity index (χ0n) is 16.4. The van der Waals surface area contributed by atoms with Crippen molar-refractivity contribution in [2.45, 2.75) is 19.8 Å². The molecule has 1 aromatic carbocycles. The standard InChI is InChI=1S/C22H16N6O2S/c1-10-2-7-13(29)16-18(10)28-20(27-16)14(19(23)30)17-21(28)25-12(6-5-11-3-4-11)15(26-17)22-24-8-9-31-22/h2,7-9,11,27,29H,3-4H2,1H3,(H2,23,30). The number of primary amides is 1. The molecule has 0 aliphatic heterocycles. The van der Waals surface area contributed by atoms with Crippen molar-refractivity contribution in [2.24, 2.45) is 11.7 Å². The number of carbonyl (C=O) groups is 1. The summed E-state index contributed by atoms with van der Waals surface area (Å²) in [5.74, 6) is 6.26. The number of nitrogens with zero attached hydrogens (tertiary/aromatic N) is 4. The number of carbonyl (C=O) groups excluding carboxylic acids is 1. The van der Waals surface area contributed by atoms with Gasteiger partial charge in [-0.3, -0.25) is 9.20 Å². The van der Waals surface area contributed by atoms with Crippen LogP contribution in [0.5, 0.6) is 5.75 Å². The maximum Gasteiger partial charge on any atom is 0.254 e. The Kier molecular flexibility index (Phi) is 3.64. The number of benzene rings is 1. The maximum absolute atomic E-state index is 12.5. The molecule has 1 fully saturated rings. The number of H-pyrrole nitrogens is 1. The first kappa shape index (κ1) is 17.9. The SMILES string of the molecule is Cc1ccc(O)c2[nH]c3c(C(N)=O)c4nc(-c5nccs5)c(C#CC5CC5)nc4n3c12. The maximum atomic E-state index is 12.5. The summed E-state index contributed by atoms with van der Waals surface area (Å²) in [5.41, 5.74) is 10.4. The molecule has 0 radical (unpaired) electrons. The van der Waals surface area contributed by atoms with Gasteiger partial charge in [0.15, 0.2) is 5.65 Å². The second-order valence-corrected chi connectivity index (χ2v) is 8.54. The fourth-order valence-corrected chi connectivity index (χ4v) is 4.47. The molecule has 152 valence electrons. The van der Waals surface area contributed by atoms with Gasteiger partial charge in [-0.05, 0) is 37.3 Å². The van der Waals surface area contributed by atoms with Gasteiger partial charge in [0, 0.05) is 17.5 Å². The number of aryl methyl sites for hydroxylation is 1. The molecule has 5 aromatic rings. The Hall–Kier alpha value is -3.90. The molecule has 9 heteroatoms. The lowest BCUT2D eigenvalue weighted by Crippen LogP contribution is -2.11. The summed E-state index contributed by atoms with van der Waals surface area (Å²) in [4.78, 5) is 29.6. The number of rotatable bonds is 2. The lowest BCUT2D eigenvalue weighted by Gasteiger charge is -2.04. The summed E-state index contributed by atoms with van der Waals surface area (Å²) in [7, 11) is 0. The summed E-state index contributed by atoms with van der Waals surface area (Å²) in [6.45, 7) is 1.93. The molecule has 0 saturated heterocycles. The molecular formula is C22H16N6O2S. The Morgan fingerprint density at radius 2 is 2.19 bits per heavy atom. The van der Waals surface area contributed by atoms with Crippen LogP contribution < -0.4 is 5.73 Å². The highest BCUT2D eigenvalue weighted by molar-refractivity contribution is 7.13. The number of aromatic hydroxyl groups is 1. The van der Waals surface area contributed by atoms with Crippen molar-refractivity contribution in [1.29, 1.82) is 0 Å². The van der Waals surface area contributed by atoms with E-state index in [1.165, 1.54) is 11.3 Å². The van der Waals surface area contributed by atoms with Crippen molar-refractivity contribution < 1.29 is 9.90 Å². The van der Waals surface area contributed by atoms with Crippen molar-refractivity contribution >= 4 is 45.1 Å². The van der Waals surface area contributed by atoms with E-state index in [-0.39, 0.29) is 11.3 Å². The van der Waals surface area contributed by atoms with Crippen LogP contribution in [-0.2, 0) is 0 Å². The van der Waals surface area contributed by atoms with Gasteiger partial charge >= 0.3 is 0 Å². The van der Waals surface area contributed by atoms with Crippen LogP contribution in [0.25, 0.3) is 38.5 Å². The van der Waals surface area contributed by atoms with Crippen molar-refractivity contribution in [3.63, 3.8) is 0 Å². The van der Waals surface area contributed by atoms with Crippen LogP contribution in [0.4, 0.5) is 0 Å². The minimum absolute atomic E-state index is 0.0778. The summed E-state index contributed by atoms with van der Waals surface area (Å²) in [6.07, 6.45) is 3.89. The topological polar surface area (TPSA) is 122 Å². The van der Waals surface area contributed by atoms with Gasteiger partial charge in [0.25, 0.3) is 5.91 Å². The van der Waals surface area contributed by atoms with Crippen LogP contribution in [-0.4, -0.2) is 35.4 Å². The third kappa shape index (κ3) is 2.62. The molecule has 1 amide bonds. The predicted octanol–water partition coefficient (Wildman–Crippen LogP) is 3.36. The Balaban J connectivity index is 1.79. The number of imidazole rings is 1. The summed E-state index contributed by atoms with van der Waals surface area (Å²) >= 11 is 1.43. The normalized spacial score (nSPS) is 13.7. The molecule has 0 unspecified atom stereocenters. The van der Waals surface area contributed by atoms with Gasteiger partial charge in [0.05, 0.1) is 5.52 Å². The van der Waals surface area contributed by atoms with E-state index in [1.807, 2.05) is 18.4 Å². The predicted molar refractivity (Wildman–Crippen MR) is 118 cm³/mol. The third-order valence-electron chi connectivity index (χ3n) is 5.46. The summed E-state index contributed by atoms with van der Waals surface area (Å²) < 4.78 is 1.79. The molecule has 0 atom stereocenters. The zero-order valence-corrected chi connectivity index (χ0v) is 17.2. The molecule has 0 spiro atoms. The van der Waals surface area contributed by atoms with Crippen LogP contribution in [0.2, 0.25) is 0 Å². The highest BCUT2D eigenvalue weighted by atomic mass is 32.1. The molecule has 4 N–H and O–H groups in total. The minimum atomic E-state index is -0.632. The highest BCUT2D eigenvalue weighted by Gasteiger charge is 2.26. The number of thiazole rings is 1. The first-order valence-corrected chi connectivity index (χ1v) is 10.7. The second kappa shape index (κ2) is 6.30. The number of amides is 1. The molecular weight excluding hydrogens is 412 g/mol. The van der Waals surface area contributed by atoms with E-state index in [1.54, 1.807) is 16.7 Å². The number of nitrogens with two attached hydrogens (primary N) is 1. The van der Waals surface area contributed by atoms with Gasteiger partial charge in [-0.15, -0.1) is 11.3 Å². The van der Waals surface area contributed by atoms with E-state index in [2.05, 4.69) is 21.8 Å². The third-order valence-corrected chi connectivity index (χ3v) is 6.24. The number of phenols is 1. The minimum Gasteiger partial charge on any atom is -0.506 e. The Labute approximate surface area is 179 Å². The molecule has 1 aliphatic rings. The molecule has 8 nitrogen and oxygen atoms in total. The van der Waals surface area contributed by atoms with E-state index in [0.717, 1.165) is 18.4 Å². The monoisotopic (exact) mass is 428 g/mol. The van der Waals surface area contributed by atoms with Crippen LogP contribution in [0.3, 0.4) is 0 Å². The van der Waals surface area contributed by atoms with Gasteiger partial charge in [-0.25, -0.2) is 15.0 Å². The van der Waals surface area contributed by atoms with Gasteiger partial charge in [0.1, 0.15) is 44.4 Å². The molecule has 4 heterocycles. The molecule has 31 heavy (non-hydrogen) atoms. The Morgan fingerprint density at radius 3 is 2.90 bits per heavy atom. The second-order valence-electron chi connectivity index (χ2n) is 7.65. The van der Waals surface area contributed by atoms with E-state index in [4.69, 9.17) is 15.7 Å². The van der Waals surface area contributed by atoms with Gasteiger partial charge in [-0.1, -0.05) is 12.0 Å². The van der Waals surface area contributed by atoms with Gasteiger partial charge < -0.3 is 15.8 Å². The van der Waals surface area contributed by atoms with Crippen LogP contribution in [0.1, 0.15) is 34.5 Å². The quantitative estimate of drug-likeness (QED) is 0.372. The number of hydrogen-bond donors (Lipinski definition) is 3. The fraction of sp³-hybridized carbons (Fsp3) is 0.182. The van der Waals surface area contributed by atoms with Crippen molar-refractivity contribution in [3.05, 3.63) is 40.5 Å². The molecule has 1 aliphatic carbocycles. The first-order chi connectivity index (χ1) is 15.0. The number of fused-ring (bicyclic) bond motifs is 5. The van der Waals surface area contributed by atoms with Crippen LogP contribution in [0.15, 0.2) is 23.7 Å². The van der Waals surface area contributed by atoms with E-state index >= 15 is 0 Å². The molecule has 1 saturated carbocycles. The molecule has 0 bridgehead atoms. The number of phenolic OH excluding ortho intramolecular Hbond substituents is 1. The van der Waals surface area contributed by atoms with Crippen molar-refractivity contribution in [1.82, 2.24) is 24.3 Å². The van der Waals surface area contributed by atoms with Crippen molar-refractivity contribution in [3.8, 4) is 28.3 Å². The zero-order chi connectivity index (χ0) is 21.3. The lowest BCUT2D eigenvalue weighted by molar-refractivity contribution is 0.100. The van der Waals surface area contributed by atoms with Crippen LogP contribution in [0, 0.1) is 24.7 Å². The number of nitrogens with one attached hydrogen (secondary N) is 1. The van der Waals surface area contributed by atoms with Crippen LogP contribution >= 0.6 is 11.3 Å². The molecule has 6 rings (SSSR count). The molecule has 4 aromatic heterocycles. The van der Waals surface area contributed by atoms with Crippen molar-refractivity contribution in [2.75, 3.05) is 0 Å². The number of aromatic nitrogens is 5.